The summed E-state index contributed by atoms with van der Waals surface area (Å²) in [4.78, 5) is 25.9. The molecule has 4 heteroatoms. The average molecular weight is 266 g/mol. The van der Waals surface area contributed by atoms with E-state index in [0.717, 1.165) is 12.5 Å². The first-order chi connectivity index (χ1) is 8.97. The van der Waals surface area contributed by atoms with Gasteiger partial charge in [-0.05, 0) is 30.6 Å². The van der Waals surface area contributed by atoms with Gasteiger partial charge in [0.25, 0.3) is 0 Å². The Morgan fingerprint density at radius 2 is 2.05 bits per heavy atom. The number of carbonyl (C=O) groups excluding carboxylic acids is 2. The van der Waals surface area contributed by atoms with Crippen LogP contribution < -0.4 is 5.32 Å². The first-order valence-electron chi connectivity index (χ1n) is 7.55. The predicted octanol–water partition coefficient (Wildman–Crippen LogP) is 1.80. The molecule has 1 heterocycles. The van der Waals surface area contributed by atoms with Crippen LogP contribution in [0.3, 0.4) is 0 Å². The Morgan fingerprint density at radius 1 is 1.32 bits per heavy atom. The molecule has 0 radical (unpaired) electrons. The fraction of sp³-hybridized carbons (Fsp3) is 0.867. The van der Waals surface area contributed by atoms with Crippen LogP contribution in [0.25, 0.3) is 0 Å². The summed E-state index contributed by atoms with van der Waals surface area (Å²) in [5.74, 6) is 1.58. The zero-order chi connectivity index (χ0) is 14.0. The molecule has 3 unspecified atom stereocenters. The van der Waals surface area contributed by atoms with Crippen LogP contribution in [0.1, 0.15) is 46.5 Å². The van der Waals surface area contributed by atoms with E-state index in [1.54, 1.807) is 4.90 Å². The lowest BCUT2D eigenvalue weighted by molar-refractivity contribution is -0.146. The summed E-state index contributed by atoms with van der Waals surface area (Å²) < 4.78 is 0. The third-order valence-corrected chi connectivity index (χ3v) is 4.42. The highest BCUT2D eigenvalue weighted by atomic mass is 16.2. The van der Waals surface area contributed by atoms with Crippen molar-refractivity contribution < 1.29 is 9.59 Å². The Bertz CT molecular complexity index is 354. The Labute approximate surface area is 115 Å². The molecule has 4 nitrogen and oxygen atoms in total. The molecule has 1 N–H and O–H groups in total. The Kier molecular flexibility index (Phi) is 4.48. The van der Waals surface area contributed by atoms with Crippen LogP contribution in [0.5, 0.6) is 0 Å². The molecule has 0 bridgehead atoms. The van der Waals surface area contributed by atoms with E-state index in [0.29, 0.717) is 5.92 Å². The topological polar surface area (TPSA) is 49.4 Å². The van der Waals surface area contributed by atoms with Crippen molar-refractivity contribution >= 4 is 11.8 Å². The third-order valence-electron chi connectivity index (χ3n) is 4.42. The van der Waals surface area contributed by atoms with E-state index < -0.39 is 0 Å². The molecule has 19 heavy (non-hydrogen) atoms. The van der Waals surface area contributed by atoms with Gasteiger partial charge in [-0.1, -0.05) is 33.6 Å². The second kappa shape index (κ2) is 5.93. The molecule has 2 amide bonds. The van der Waals surface area contributed by atoms with Crippen LogP contribution in [0, 0.1) is 17.8 Å². The molecule has 1 aliphatic carbocycles. The first-order valence-corrected chi connectivity index (χ1v) is 7.55. The minimum Gasteiger partial charge on any atom is -0.343 e. The van der Waals surface area contributed by atoms with Crippen molar-refractivity contribution in [3.8, 4) is 0 Å². The van der Waals surface area contributed by atoms with E-state index in [4.69, 9.17) is 0 Å². The lowest BCUT2D eigenvalue weighted by Crippen LogP contribution is -2.60. The van der Waals surface area contributed by atoms with Gasteiger partial charge in [-0.3, -0.25) is 9.59 Å². The number of hydrogen-bond acceptors (Lipinski definition) is 2. The van der Waals surface area contributed by atoms with Gasteiger partial charge in [0, 0.05) is 6.54 Å². The summed E-state index contributed by atoms with van der Waals surface area (Å²) >= 11 is 0. The minimum atomic E-state index is -0.331. The molecule has 2 rings (SSSR count). The zero-order valence-corrected chi connectivity index (χ0v) is 12.3. The molecule has 0 spiro atoms. The largest absolute Gasteiger partial charge is 0.343 e. The summed E-state index contributed by atoms with van der Waals surface area (Å²) in [6.45, 7) is 7.25. The highest BCUT2D eigenvalue weighted by Crippen LogP contribution is 2.29. The quantitative estimate of drug-likeness (QED) is 0.846. The summed E-state index contributed by atoms with van der Waals surface area (Å²) in [6, 6.07) is -0.331. The van der Waals surface area contributed by atoms with E-state index in [2.05, 4.69) is 12.2 Å². The van der Waals surface area contributed by atoms with Crippen molar-refractivity contribution in [1.29, 1.82) is 0 Å². The second-order valence-corrected chi connectivity index (χ2v) is 6.65. The number of nitrogens with zero attached hydrogens (tertiary/aromatic N) is 1. The zero-order valence-electron chi connectivity index (χ0n) is 12.3. The number of amides is 2. The van der Waals surface area contributed by atoms with E-state index in [-0.39, 0.29) is 30.3 Å². The van der Waals surface area contributed by atoms with E-state index >= 15 is 0 Å². The molecule has 3 atom stereocenters. The van der Waals surface area contributed by atoms with Gasteiger partial charge >= 0.3 is 0 Å². The van der Waals surface area contributed by atoms with Gasteiger partial charge in [-0.25, -0.2) is 0 Å². The summed E-state index contributed by atoms with van der Waals surface area (Å²) in [5.41, 5.74) is 0. The molecule has 0 aromatic heterocycles. The number of rotatable bonds is 3. The van der Waals surface area contributed by atoms with E-state index in [9.17, 15) is 9.59 Å². The highest BCUT2D eigenvalue weighted by Gasteiger charge is 2.35. The molecular formula is C15H26N2O2. The smallest absolute Gasteiger partial charge is 0.245 e. The van der Waals surface area contributed by atoms with Crippen LogP contribution in [0.15, 0.2) is 0 Å². The standard InChI is InChI=1S/C15H26N2O2/c1-10(2)14-15(19)17(9-13(18)16-14)8-12-6-4-5-11(3)7-12/h10-12,14H,4-9H2,1-3H3,(H,16,18). The summed E-state index contributed by atoms with van der Waals surface area (Å²) in [6.07, 6.45) is 4.95. The molecule has 108 valence electrons. The van der Waals surface area contributed by atoms with Crippen molar-refractivity contribution in [3.05, 3.63) is 0 Å². The maximum Gasteiger partial charge on any atom is 0.245 e. The SMILES string of the molecule is CC1CCCC(CN2CC(=O)NC(C(C)C)C2=O)C1. The van der Waals surface area contributed by atoms with Gasteiger partial charge in [-0.2, -0.15) is 0 Å². The Balaban J connectivity index is 1.98. The van der Waals surface area contributed by atoms with E-state index in [1.165, 1.54) is 25.7 Å². The van der Waals surface area contributed by atoms with Crippen LogP contribution in [-0.4, -0.2) is 35.8 Å². The van der Waals surface area contributed by atoms with Gasteiger partial charge in [0.2, 0.25) is 11.8 Å². The monoisotopic (exact) mass is 266 g/mol. The van der Waals surface area contributed by atoms with Crippen molar-refractivity contribution in [2.24, 2.45) is 17.8 Å². The lowest BCUT2D eigenvalue weighted by Gasteiger charge is -2.37. The lowest BCUT2D eigenvalue weighted by atomic mass is 9.82. The molecule has 0 aromatic carbocycles. The number of hydrogen-bond donors (Lipinski definition) is 1. The first kappa shape index (κ1) is 14.4. The number of nitrogens with one attached hydrogen (secondary N) is 1. The highest BCUT2D eigenvalue weighted by molar-refractivity contribution is 5.94. The van der Waals surface area contributed by atoms with Gasteiger partial charge in [0.15, 0.2) is 0 Å². The van der Waals surface area contributed by atoms with Crippen molar-refractivity contribution in [2.45, 2.75) is 52.5 Å². The summed E-state index contributed by atoms with van der Waals surface area (Å²) in [7, 11) is 0. The van der Waals surface area contributed by atoms with Crippen LogP contribution in [0.4, 0.5) is 0 Å². The van der Waals surface area contributed by atoms with Gasteiger partial charge < -0.3 is 10.2 Å². The predicted molar refractivity (Wildman–Crippen MR) is 74.5 cm³/mol. The van der Waals surface area contributed by atoms with Gasteiger partial charge in [0.05, 0.1) is 6.54 Å². The summed E-state index contributed by atoms with van der Waals surface area (Å²) in [5, 5.41) is 2.81. The fourth-order valence-electron chi connectivity index (χ4n) is 3.37. The molecule has 2 fully saturated rings. The minimum absolute atomic E-state index is 0.0119. The second-order valence-electron chi connectivity index (χ2n) is 6.65. The van der Waals surface area contributed by atoms with Gasteiger partial charge in [0.1, 0.15) is 6.04 Å². The fourth-order valence-corrected chi connectivity index (χ4v) is 3.37. The number of carbonyl (C=O) groups is 2. The Morgan fingerprint density at radius 3 is 2.68 bits per heavy atom. The molecular weight excluding hydrogens is 240 g/mol. The van der Waals surface area contributed by atoms with Crippen LogP contribution in [-0.2, 0) is 9.59 Å². The average Bonchev–Trinajstić information content (AvgIpc) is 2.33. The van der Waals surface area contributed by atoms with Crippen molar-refractivity contribution in [2.75, 3.05) is 13.1 Å². The van der Waals surface area contributed by atoms with Crippen LogP contribution in [0.2, 0.25) is 0 Å². The van der Waals surface area contributed by atoms with Crippen molar-refractivity contribution in [3.63, 3.8) is 0 Å². The van der Waals surface area contributed by atoms with Crippen molar-refractivity contribution in [1.82, 2.24) is 10.2 Å². The maximum atomic E-state index is 12.4. The maximum absolute atomic E-state index is 12.4. The van der Waals surface area contributed by atoms with E-state index in [1.807, 2.05) is 13.8 Å². The molecule has 2 aliphatic rings. The normalized spacial score (nSPS) is 32.6. The Hall–Kier alpha value is -1.06. The third kappa shape index (κ3) is 3.48. The van der Waals surface area contributed by atoms with Gasteiger partial charge in [-0.15, -0.1) is 0 Å². The molecule has 0 aromatic rings. The van der Waals surface area contributed by atoms with Crippen LogP contribution >= 0.6 is 0 Å². The number of piperazine rings is 1. The molecule has 1 saturated carbocycles. The molecule has 1 saturated heterocycles. The molecule has 1 aliphatic heterocycles.